The van der Waals surface area contributed by atoms with Crippen LogP contribution in [0.3, 0.4) is 0 Å². The van der Waals surface area contributed by atoms with Gasteiger partial charge in [0, 0.05) is 37.2 Å². The second-order valence-electron chi connectivity index (χ2n) is 5.03. The van der Waals surface area contributed by atoms with Crippen LogP contribution in [0.15, 0.2) is 29.4 Å². The van der Waals surface area contributed by atoms with E-state index in [1.165, 1.54) is 17.7 Å². The topological polar surface area (TPSA) is 52.2 Å². The first-order chi connectivity index (χ1) is 10.2. The summed E-state index contributed by atoms with van der Waals surface area (Å²) in [6, 6.07) is 4.85. The van der Waals surface area contributed by atoms with Gasteiger partial charge in [-0.15, -0.1) is 0 Å². The minimum Gasteiger partial charge on any atom is -0.361 e. The van der Waals surface area contributed by atoms with Crippen molar-refractivity contribution in [3.8, 4) is 0 Å². The van der Waals surface area contributed by atoms with Crippen LogP contribution in [0.4, 0.5) is 4.39 Å². The van der Waals surface area contributed by atoms with Gasteiger partial charge in [0.2, 0.25) is 0 Å². The van der Waals surface area contributed by atoms with Gasteiger partial charge < -0.3 is 15.6 Å². The number of benzene rings is 1. The maximum atomic E-state index is 13.1. The number of aromatic nitrogens is 1. The van der Waals surface area contributed by atoms with Crippen molar-refractivity contribution in [2.75, 3.05) is 20.1 Å². The summed E-state index contributed by atoms with van der Waals surface area (Å²) in [5, 5.41) is 7.65. The van der Waals surface area contributed by atoms with Crippen molar-refractivity contribution in [2.24, 2.45) is 4.99 Å². The molecule has 114 valence electrons. The average Bonchev–Trinajstić information content (AvgIpc) is 2.88. The molecule has 0 spiro atoms. The van der Waals surface area contributed by atoms with E-state index in [0.717, 1.165) is 49.2 Å². The Morgan fingerprint density at radius 2 is 2.10 bits per heavy atom. The predicted molar refractivity (Wildman–Crippen MR) is 86.2 cm³/mol. The predicted octanol–water partition coefficient (Wildman–Crippen LogP) is 2.81. The summed E-state index contributed by atoms with van der Waals surface area (Å²) in [7, 11) is 1.77. The third kappa shape index (κ3) is 4.21. The van der Waals surface area contributed by atoms with Crippen LogP contribution in [0.25, 0.3) is 10.9 Å². The normalized spacial score (nSPS) is 11.9. The van der Waals surface area contributed by atoms with Crippen LogP contribution < -0.4 is 10.6 Å². The number of aliphatic imine (C=N–C) groups is 1. The number of halogens is 1. The fraction of sp³-hybridized carbons (Fsp3) is 0.438. The molecule has 0 aliphatic carbocycles. The first kappa shape index (κ1) is 15.4. The smallest absolute Gasteiger partial charge is 0.190 e. The van der Waals surface area contributed by atoms with Gasteiger partial charge in [-0.05, 0) is 36.6 Å². The number of guanidine groups is 1. The summed E-state index contributed by atoms with van der Waals surface area (Å²) in [4.78, 5) is 7.30. The Labute approximate surface area is 124 Å². The zero-order valence-corrected chi connectivity index (χ0v) is 12.7. The van der Waals surface area contributed by atoms with Gasteiger partial charge in [0.15, 0.2) is 5.96 Å². The van der Waals surface area contributed by atoms with Gasteiger partial charge in [-0.1, -0.05) is 13.3 Å². The molecule has 1 heterocycles. The second kappa shape index (κ2) is 7.67. The Kier molecular flexibility index (Phi) is 5.60. The van der Waals surface area contributed by atoms with Crippen LogP contribution in [-0.4, -0.2) is 31.1 Å². The molecule has 2 rings (SSSR count). The van der Waals surface area contributed by atoms with E-state index < -0.39 is 0 Å². The highest BCUT2D eigenvalue weighted by atomic mass is 19.1. The van der Waals surface area contributed by atoms with Crippen LogP contribution >= 0.6 is 0 Å². The molecule has 2 aromatic rings. The number of nitrogens with one attached hydrogen (secondary N) is 3. The molecule has 3 N–H and O–H groups in total. The fourth-order valence-electron chi connectivity index (χ4n) is 2.29. The third-order valence-corrected chi connectivity index (χ3v) is 3.46. The van der Waals surface area contributed by atoms with Gasteiger partial charge in [0.1, 0.15) is 5.82 Å². The lowest BCUT2D eigenvalue weighted by Gasteiger charge is -2.11. The highest BCUT2D eigenvalue weighted by Gasteiger charge is 2.05. The highest BCUT2D eigenvalue weighted by Crippen LogP contribution is 2.19. The van der Waals surface area contributed by atoms with Crippen LogP contribution in [0.5, 0.6) is 0 Å². The quantitative estimate of drug-likeness (QED) is 0.435. The largest absolute Gasteiger partial charge is 0.361 e. The van der Waals surface area contributed by atoms with E-state index in [2.05, 4.69) is 27.5 Å². The number of hydrogen-bond donors (Lipinski definition) is 3. The Hall–Kier alpha value is -2.04. The molecule has 0 unspecified atom stereocenters. The molecule has 0 aliphatic rings. The minimum atomic E-state index is -0.213. The molecule has 0 fully saturated rings. The molecule has 21 heavy (non-hydrogen) atoms. The highest BCUT2D eigenvalue weighted by molar-refractivity contribution is 5.83. The van der Waals surface area contributed by atoms with E-state index in [1.54, 1.807) is 7.05 Å². The number of unbranched alkanes of at least 4 members (excludes halogenated alkanes) is 1. The van der Waals surface area contributed by atoms with Crippen LogP contribution in [0.1, 0.15) is 25.3 Å². The summed E-state index contributed by atoms with van der Waals surface area (Å²) in [6.45, 7) is 3.89. The summed E-state index contributed by atoms with van der Waals surface area (Å²) < 4.78 is 13.1. The molecule has 5 heteroatoms. The summed E-state index contributed by atoms with van der Waals surface area (Å²) in [5.74, 6) is 0.615. The molecule has 1 aromatic heterocycles. The molecule has 1 aromatic carbocycles. The van der Waals surface area contributed by atoms with Gasteiger partial charge >= 0.3 is 0 Å². The molecule has 0 amide bonds. The standard InChI is InChI=1S/C16H23FN4/c1-3-4-8-19-16(18-2)20-9-7-12-11-21-15-10-13(17)5-6-14(12)15/h5-6,10-11,21H,3-4,7-9H2,1-2H3,(H2,18,19,20). The van der Waals surface area contributed by atoms with Crippen molar-refractivity contribution >= 4 is 16.9 Å². The summed E-state index contributed by atoms with van der Waals surface area (Å²) in [5.41, 5.74) is 2.02. The zero-order valence-electron chi connectivity index (χ0n) is 12.7. The molecular weight excluding hydrogens is 267 g/mol. The van der Waals surface area contributed by atoms with E-state index in [-0.39, 0.29) is 5.82 Å². The average molecular weight is 290 g/mol. The molecular formula is C16H23FN4. The van der Waals surface area contributed by atoms with Crippen LogP contribution in [0.2, 0.25) is 0 Å². The molecule has 0 saturated heterocycles. The molecule has 0 radical (unpaired) electrons. The summed E-state index contributed by atoms with van der Waals surface area (Å²) in [6.07, 6.45) is 5.10. The lowest BCUT2D eigenvalue weighted by Crippen LogP contribution is -2.38. The monoisotopic (exact) mass is 290 g/mol. The van der Waals surface area contributed by atoms with Crippen molar-refractivity contribution in [1.82, 2.24) is 15.6 Å². The molecule has 0 saturated carbocycles. The number of aromatic amines is 1. The van der Waals surface area contributed by atoms with Crippen LogP contribution in [-0.2, 0) is 6.42 Å². The van der Waals surface area contributed by atoms with Gasteiger partial charge in [-0.2, -0.15) is 0 Å². The van der Waals surface area contributed by atoms with Crippen molar-refractivity contribution in [2.45, 2.75) is 26.2 Å². The molecule has 0 bridgehead atoms. The lowest BCUT2D eigenvalue weighted by atomic mass is 10.1. The zero-order chi connectivity index (χ0) is 15.1. The summed E-state index contributed by atoms with van der Waals surface area (Å²) >= 11 is 0. The Morgan fingerprint density at radius 3 is 2.86 bits per heavy atom. The lowest BCUT2D eigenvalue weighted by molar-refractivity contribution is 0.629. The second-order valence-corrected chi connectivity index (χ2v) is 5.03. The van der Waals surface area contributed by atoms with Crippen molar-refractivity contribution in [1.29, 1.82) is 0 Å². The SMILES string of the molecule is CCCCNC(=NC)NCCc1c[nH]c2cc(F)ccc12. The Balaban J connectivity index is 1.87. The van der Waals surface area contributed by atoms with Crippen molar-refractivity contribution in [3.05, 3.63) is 35.8 Å². The number of H-pyrrole nitrogens is 1. The molecule has 0 aliphatic heterocycles. The first-order valence-electron chi connectivity index (χ1n) is 7.44. The maximum absolute atomic E-state index is 13.1. The van der Waals surface area contributed by atoms with Gasteiger partial charge in [-0.3, -0.25) is 4.99 Å². The van der Waals surface area contributed by atoms with Gasteiger partial charge in [0.05, 0.1) is 0 Å². The third-order valence-electron chi connectivity index (χ3n) is 3.46. The number of rotatable bonds is 6. The van der Waals surface area contributed by atoms with E-state index in [1.807, 2.05) is 12.3 Å². The minimum absolute atomic E-state index is 0.213. The number of fused-ring (bicyclic) bond motifs is 1. The van der Waals surface area contributed by atoms with Crippen LogP contribution in [0, 0.1) is 5.82 Å². The van der Waals surface area contributed by atoms with Gasteiger partial charge in [-0.25, -0.2) is 4.39 Å². The molecule has 4 nitrogen and oxygen atoms in total. The number of nitrogens with zero attached hydrogens (tertiary/aromatic N) is 1. The number of hydrogen-bond acceptors (Lipinski definition) is 1. The van der Waals surface area contributed by atoms with E-state index in [0.29, 0.717) is 0 Å². The van der Waals surface area contributed by atoms with Gasteiger partial charge in [0.25, 0.3) is 0 Å². The van der Waals surface area contributed by atoms with E-state index >= 15 is 0 Å². The maximum Gasteiger partial charge on any atom is 0.190 e. The Morgan fingerprint density at radius 1 is 1.29 bits per heavy atom. The fourth-order valence-corrected chi connectivity index (χ4v) is 2.29. The van der Waals surface area contributed by atoms with Crippen molar-refractivity contribution < 1.29 is 4.39 Å². The van der Waals surface area contributed by atoms with Crippen molar-refractivity contribution in [3.63, 3.8) is 0 Å². The van der Waals surface area contributed by atoms with E-state index in [4.69, 9.17) is 0 Å². The first-order valence-corrected chi connectivity index (χ1v) is 7.44. The van der Waals surface area contributed by atoms with E-state index in [9.17, 15) is 4.39 Å². The molecule has 0 atom stereocenters. The Bertz CT molecular complexity index is 603.